The fourth-order valence-corrected chi connectivity index (χ4v) is 2.60. The van der Waals surface area contributed by atoms with E-state index < -0.39 is 0 Å². The zero-order valence-corrected chi connectivity index (χ0v) is 11.5. The fourth-order valence-electron chi connectivity index (χ4n) is 1.79. The van der Waals surface area contributed by atoms with Gasteiger partial charge in [-0.2, -0.15) is 0 Å². The number of nitrogens with one attached hydrogen (secondary N) is 2. The summed E-state index contributed by atoms with van der Waals surface area (Å²) >= 11 is 1.32. The third kappa shape index (κ3) is 2.48. The second-order valence-electron chi connectivity index (χ2n) is 4.25. The lowest BCUT2D eigenvalue weighted by Crippen LogP contribution is -2.14. The third-order valence-corrected chi connectivity index (χ3v) is 3.42. The van der Waals surface area contributed by atoms with Crippen molar-refractivity contribution in [3.8, 4) is 0 Å². The van der Waals surface area contributed by atoms with Crippen LogP contribution in [0.5, 0.6) is 0 Å². The molecule has 0 unspecified atom stereocenters. The van der Waals surface area contributed by atoms with Crippen molar-refractivity contribution in [2.24, 2.45) is 5.73 Å². The summed E-state index contributed by atoms with van der Waals surface area (Å²) in [6, 6.07) is 9.48. The van der Waals surface area contributed by atoms with Crippen LogP contribution in [0.25, 0.3) is 11.0 Å². The molecule has 0 aliphatic carbocycles. The van der Waals surface area contributed by atoms with Crippen LogP contribution in [0.1, 0.15) is 11.4 Å². The SMILES string of the molecule is Cc1cc(C(=N)N)nc(Sc2nc3ccccc3[nH]2)n1. The molecule has 100 valence electrons. The van der Waals surface area contributed by atoms with Gasteiger partial charge in [-0.15, -0.1) is 0 Å². The average Bonchev–Trinajstić information content (AvgIpc) is 2.79. The number of aromatic amines is 1. The lowest BCUT2D eigenvalue weighted by Gasteiger charge is -2.02. The first-order valence-electron chi connectivity index (χ1n) is 5.94. The van der Waals surface area contributed by atoms with Gasteiger partial charge in [0.15, 0.2) is 10.3 Å². The van der Waals surface area contributed by atoms with Crippen LogP contribution >= 0.6 is 11.8 Å². The summed E-state index contributed by atoms with van der Waals surface area (Å²) in [5.41, 5.74) is 8.53. The predicted octanol–water partition coefficient (Wildman–Crippen LogP) is 2.10. The van der Waals surface area contributed by atoms with Gasteiger partial charge in [-0.1, -0.05) is 12.1 Å². The minimum Gasteiger partial charge on any atom is -0.382 e. The maximum atomic E-state index is 7.45. The van der Waals surface area contributed by atoms with Gasteiger partial charge in [0.05, 0.1) is 11.0 Å². The van der Waals surface area contributed by atoms with E-state index in [0.29, 0.717) is 16.0 Å². The van der Waals surface area contributed by atoms with Gasteiger partial charge in [-0.05, 0) is 36.9 Å². The largest absolute Gasteiger partial charge is 0.382 e. The predicted molar refractivity (Wildman–Crippen MR) is 78.0 cm³/mol. The quantitative estimate of drug-likeness (QED) is 0.388. The first-order chi connectivity index (χ1) is 9.61. The number of imidazole rings is 1. The summed E-state index contributed by atoms with van der Waals surface area (Å²) in [5.74, 6) is -0.0676. The number of H-pyrrole nitrogens is 1. The van der Waals surface area contributed by atoms with E-state index >= 15 is 0 Å². The Hall–Kier alpha value is -2.41. The molecule has 0 atom stereocenters. The molecule has 0 saturated heterocycles. The van der Waals surface area contributed by atoms with Crippen LogP contribution in [-0.4, -0.2) is 25.8 Å². The van der Waals surface area contributed by atoms with E-state index in [4.69, 9.17) is 11.1 Å². The van der Waals surface area contributed by atoms with Crippen LogP contribution in [0.2, 0.25) is 0 Å². The number of hydrogen-bond donors (Lipinski definition) is 3. The lowest BCUT2D eigenvalue weighted by molar-refractivity contribution is 0.913. The summed E-state index contributed by atoms with van der Waals surface area (Å²) in [6.45, 7) is 1.84. The molecule has 2 heterocycles. The minimum atomic E-state index is -0.0676. The summed E-state index contributed by atoms with van der Waals surface area (Å²) in [7, 11) is 0. The topological polar surface area (TPSA) is 104 Å². The number of benzene rings is 1. The van der Waals surface area contributed by atoms with Crippen molar-refractivity contribution in [1.82, 2.24) is 19.9 Å². The average molecular weight is 284 g/mol. The van der Waals surface area contributed by atoms with E-state index in [1.54, 1.807) is 6.07 Å². The molecule has 0 saturated carbocycles. The van der Waals surface area contributed by atoms with Crippen LogP contribution in [0, 0.1) is 12.3 Å². The Balaban J connectivity index is 1.96. The molecule has 6 nitrogen and oxygen atoms in total. The molecular formula is C13H12N6S. The van der Waals surface area contributed by atoms with E-state index in [2.05, 4.69) is 19.9 Å². The number of fused-ring (bicyclic) bond motifs is 1. The fraction of sp³-hybridized carbons (Fsp3) is 0.0769. The molecule has 7 heteroatoms. The smallest absolute Gasteiger partial charge is 0.196 e. The number of nitrogens with two attached hydrogens (primary N) is 1. The van der Waals surface area contributed by atoms with Crippen molar-refractivity contribution in [1.29, 1.82) is 5.41 Å². The van der Waals surface area contributed by atoms with Crippen molar-refractivity contribution in [3.63, 3.8) is 0 Å². The molecule has 0 bridgehead atoms. The first kappa shape index (κ1) is 12.6. The zero-order valence-electron chi connectivity index (χ0n) is 10.7. The monoisotopic (exact) mass is 284 g/mol. The highest BCUT2D eigenvalue weighted by atomic mass is 32.2. The number of nitrogen functional groups attached to an aromatic ring is 1. The van der Waals surface area contributed by atoms with Crippen LogP contribution in [0.4, 0.5) is 0 Å². The standard InChI is InChI=1S/C13H12N6S/c1-7-6-10(11(14)15)19-12(16-7)20-13-17-8-4-2-3-5-9(8)18-13/h2-6H,1H3,(H3,14,15)(H,17,18). The number of nitrogens with zero attached hydrogens (tertiary/aromatic N) is 3. The number of aryl methyl sites for hydroxylation is 1. The number of hydrogen-bond acceptors (Lipinski definition) is 5. The van der Waals surface area contributed by atoms with Crippen LogP contribution < -0.4 is 5.73 Å². The number of para-hydroxylation sites is 2. The summed E-state index contributed by atoms with van der Waals surface area (Å²) < 4.78 is 0. The normalized spacial score (nSPS) is 10.8. The van der Waals surface area contributed by atoms with E-state index in [9.17, 15) is 0 Å². The maximum absolute atomic E-state index is 7.45. The van der Waals surface area contributed by atoms with Crippen molar-refractivity contribution in [2.45, 2.75) is 17.2 Å². The Labute approximate surface area is 119 Å². The molecule has 0 spiro atoms. The number of amidine groups is 1. The van der Waals surface area contributed by atoms with Gasteiger partial charge in [0.2, 0.25) is 0 Å². The Morgan fingerprint density at radius 3 is 2.80 bits per heavy atom. The number of aromatic nitrogens is 4. The Bertz CT molecular complexity index is 761. The van der Waals surface area contributed by atoms with Crippen LogP contribution in [0.15, 0.2) is 40.6 Å². The van der Waals surface area contributed by atoms with Gasteiger partial charge in [0.1, 0.15) is 11.5 Å². The van der Waals surface area contributed by atoms with Crippen molar-refractivity contribution < 1.29 is 0 Å². The Morgan fingerprint density at radius 2 is 2.05 bits per heavy atom. The van der Waals surface area contributed by atoms with Gasteiger partial charge >= 0.3 is 0 Å². The Morgan fingerprint density at radius 1 is 1.25 bits per heavy atom. The molecule has 0 aliphatic rings. The van der Waals surface area contributed by atoms with Gasteiger partial charge in [-0.25, -0.2) is 15.0 Å². The van der Waals surface area contributed by atoms with Gasteiger partial charge in [0, 0.05) is 5.69 Å². The molecule has 0 aliphatic heterocycles. The van der Waals surface area contributed by atoms with Crippen molar-refractivity contribution in [3.05, 3.63) is 41.7 Å². The molecular weight excluding hydrogens is 272 g/mol. The Kier molecular flexibility index (Phi) is 3.11. The second kappa shape index (κ2) is 4.93. The van der Waals surface area contributed by atoms with E-state index in [1.165, 1.54) is 11.8 Å². The second-order valence-corrected chi connectivity index (χ2v) is 5.21. The van der Waals surface area contributed by atoms with E-state index in [-0.39, 0.29) is 5.84 Å². The molecule has 3 rings (SSSR count). The summed E-state index contributed by atoms with van der Waals surface area (Å²) in [4.78, 5) is 16.2. The van der Waals surface area contributed by atoms with Gasteiger partial charge in [0.25, 0.3) is 0 Å². The van der Waals surface area contributed by atoms with Gasteiger partial charge in [-0.3, -0.25) is 5.41 Å². The number of rotatable bonds is 3. The summed E-state index contributed by atoms with van der Waals surface area (Å²) in [5, 5.41) is 8.69. The van der Waals surface area contributed by atoms with Gasteiger partial charge < -0.3 is 10.7 Å². The zero-order chi connectivity index (χ0) is 14.1. The molecule has 0 radical (unpaired) electrons. The maximum Gasteiger partial charge on any atom is 0.196 e. The van der Waals surface area contributed by atoms with Crippen LogP contribution in [-0.2, 0) is 0 Å². The van der Waals surface area contributed by atoms with E-state index in [0.717, 1.165) is 16.7 Å². The molecule has 0 amide bonds. The summed E-state index contributed by atoms with van der Waals surface area (Å²) in [6.07, 6.45) is 0. The molecule has 1 aromatic carbocycles. The molecule has 20 heavy (non-hydrogen) atoms. The molecule has 4 N–H and O–H groups in total. The minimum absolute atomic E-state index is 0.0676. The van der Waals surface area contributed by atoms with E-state index in [1.807, 2.05) is 31.2 Å². The molecule has 0 fully saturated rings. The third-order valence-electron chi connectivity index (χ3n) is 2.67. The molecule has 2 aromatic heterocycles. The highest BCUT2D eigenvalue weighted by Gasteiger charge is 2.09. The molecule has 3 aromatic rings. The van der Waals surface area contributed by atoms with Crippen molar-refractivity contribution >= 4 is 28.6 Å². The van der Waals surface area contributed by atoms with Crippen LogP contribution in [0.3, 0.4) is 0 Å². The highest BCUT2D eigenvalue weighted by Crippen LogP contribution is 2.24. The first-order valence-corrected chi connectivity index (χ1v) is 6.76. The highest BCUT2D eigenvalue weighted by molar-refractivity contribution is 7.99. The lowest BCUT2D eigenvalue weighted by atomic mass is 10.3. The van der Waals surface area contributed by atoms with Crippen molar-refractivity contribution in [2.75, 3.05) is 0 Å².